The highest BCUT2D eigenvalue weighted by Gasteiger charge is 2.17. The summed E-state index contributed by atoms with van der Waals surface area (Å²) in [7, 11) is 0. The maximum Gasteiger partial charge on any atom is 0.142 e. The Balaban J connectivity index is 1.18. The van der Waals surface area contributed by atoms with Crippen molar-refractivity contribution in [3.8, 4) is 46.3 Å². The molecule has 0 aliphatic rings. The van der Waals surface area contributed by atoms with E-state index < -0.39 is 5.82 Å². The van der Waals surface area contributed by atoms with Crippen LogP contribution in [0.3, 0.4) is 0 Å². The highest BCUT2D eigenvalue weighted by atomic mass is 35.5. The molecule has 0 aliphatic carbocycles. The molecule has 4 N–H and O–H groups in total. The number of hydrogen-bond donors (Lipinski definition) is 4. The van der Waals surface area contributed by atoms with Crippen molar-refractivity contribution in [3.63, 3.8) is 0 Å². The van der Waals surface area contributed by atoms with Crippen LogP contribution in [0.15, 0.2) is 97.3 Å². The molecule has 14 heteroatoms. The zero-order chi connectivity index (χ0) is 44.7. The molecule has 6 aromatic rings. The number of hydrogen-bond acceptors (Lipinski definition) is 11. The van der Waals surface area contributed by atoms with E-state index in [0.717, 1.165) is 50.1 Å². The molecule has 0 unspecified atom stereocenters. The van der Waals surface area contributed by atoms with Crippen molar-refractivity contribution in [2.45, 2.75) is 53.4 Å². The molecule has 5 aromatic carbocycles. The van der Waals surface area contributed by atoms with E-state index in [2.05, 4.69) is 40.7 Å². The van der Waals surface area contributed by atoms with Crippen molar-refractivity contribution in [3.05, 3.63) is 169 Å². The van der Waals surface area contributed by atoms with Crippen molar-refractivity contribution in [1.29, 1.82) is 10.5 Å². The molecule has 0 radical (unpaired) electrons. The smallest absolute Gasteiger partial charge is 0.142 e. The fraction of sp³-hybridized carbons (Fsp3) is 0.245. The fourth-order valence-electron chi connectivity index (χ4n) is 6.79. The molecule has 6 rings (SSSR count). The molecule has 11 nitrogen and oxygen atoms in total. The first kappa shape index (κ1) is 46.3. The van der Waals surface area contributed by atoms with Crippen LogP contribution >= 0.6 is 23.2 Å². The summed E-state index contributed by atoms with van der Waals surface area (Å²) >= 11 is 13.5. The number of halogens is 3. The van der Waals surface area contributed by atoms with Crippen molar-refractivity contribution in [1.82, 2.24) is 15.6 Å². The molecule has 63 heavy (non-hydrogen) atoms. The van der Waals surface area contributed by atoms with Crippen LogP contribution < -0.4 is 29.6 Å². The summed E-state index contributed by atoms with van der Waals surface area (Å²) in [5.41, 5.74) is 9.22. The third-order valence-electron chi connectivity index (χ3n) is 10.3. The monoisotopic (exact) mass is 889 g/mol. The lowest BCUT2D eigenvalue weighted by Crippen LogP contribution is -2.18. The Morgan fingerprint density at radius 2 is 1.13 bits per heavy atom. The lowest BCUT2D eigenvalue weighted by atomic mass is 9.92. The van der Waals surface area contributed by atoms with E-state index in [-0.39, 0.29) is 45.2 Å². The van der Waals surface area contributed by atoms with Gasteiger partial charge in [-0.25, -0.2) is 4.39 Å². The lowest BCUT2D eigenvalue weighted by molar-refractivity contribution is 0.282. The standard InChI is InChI=1S/C49H46Cl2FN5O6/c1-31-36(29-62-48-19-46(39(17-43(48)50)25-55-11-13-58)60-27-33-9-10-45(52)38(16-33)22-54)5-3-7-41(31)42-8-4-6-37(32(42)2)30-63-49-20-47(40(18-44(49)51)26-56-12-14-59)61-28-35-15-34(21-53)23-57-24-35/h3-10,15-20,23-24,55-56,58-59H,11-14,25-30H2,1-2H3. The normalized spacial score (nSPS) is 10.9. The Hall–Kier alpha value is -6.22. The molecular formula is C49H46Cl2FN5O6. The van der Waals surface area contributed by atoms with Crippen molar-refractivity contribution < 1.29 is 33.6 Å². The molecular weight excluding hydrogens is 844 g/mol. The number of pyridine rings is 1. The van der Waals surface area contributed by atoms with E-state index in [1.54, 1.807) is 42.6 Å². The van der Waals surface area contributed by atoms with Gasteiger partial charge in [-0.05, 0) is 83.1 Å². The van der Waals surface area contributed by atoms with Crippen LogP contribution in [-0.4, -0.2) is 41.5 Å². The van der Waals surface area contributed by atoms with Crippen LogP contribution in [0, 0.1) is 42.3 Å². The minimum atomic E-state index is -0.599. The molecule has 1 heterocycles. The van der Waals surface area contributed by atoms with Crippen LogP contribution in [0.25, 0.3) is 11.1 Å². The zero-order valence-electron chi connectivity index (χ0n) is 34.8. The van der Waals surface area contributed by atoms with E-state index in [4.69, 9.17) is 42.1 Å². The third kappa shape index (κ3) is 12.2. The Kier molecular flexibility index (Phi) is 16.7. The average molecular weight is 891 g/mol. The number of nitriles is 2. The Labute approximate surface area is 376 Å². The largest absolute Gasteiger partial charge is 0.488 e. The predicted molar refractivity (Wildman–Crippen MR) is 239 cm³/mol. The van der Waals surface area contributed by atoms with E-state index in [1.807, 2.05) is 37.3 Å². The van der Waals surface area contributed by atoms with E-state index in [1.165, 1.54) is 18.3 Å². The predicted octanol–water partition coefficient (Wildman–Crippen LogP) is 9.03. The van der Waals surface area contributed by atoms with Gasteiger partial charge in [0, 0.05) is 67.4 Å². The van der Waals surface area contributed by atoms with Gasteiger partial charge in [0.05, 0.1) is 34.4 Å². The second kappa shape index (κ2) is 22.7. The highest BCUT2D eigenvalue weighted by molar-refractivity contribution is 6.32. The molecule has 0 spiro atoms. The quantitative estimate of drug-likeness (QED) is 0.0511. The third-order valence-corrected chi connectivity index (χ3v) is 10.8. The SMILES string of the molecule is Cc1c(COc2cc(OCc3cncc(C#N)c3)c(CNCCO)cc2Cl)cccc1-c1cccc(COc2cc(OCc3ccc(F)c(C#N)c3)c(CNCCO)cc2Cl)c1C. The molecule has 0 saturated heterocycles. The first-order valence-corrected chi connectivity index (χ1v) is 20.9. The molecule has 0 bridgehead atoms. The van der Waals surface area contributed by atoms with Crippen molar-refractivity contribution >= 4 is 23.2 Å². The lowest BCUT2D eigenvalue weighted by Gasteiger charge is -2.19. The first-order chi connectivity index (χ1) is 30.6. The maximum atomic E-state index is 14.0. The number of aromatic nitrogens is 1. The van der Waals surface area contributed by atoms with E-state index >= 15 is 0 Å². The van der Waals surface area contributed by atoms with Crippen LogP contribution in [0.1, 0.15) is 55.6 Å². The number of benzene rings is 5. The number of aliphatic hydroxyl groups excluding tert-OH is 2. The summed E-state index contributed by atoms with van der Waals surface area (Å²) in [4.78, 5) is 4.13. The Morgan fingerprint density at radius 3 is 1.63 bits per heavy atom. The summed E-state index contributed by atoms with van der Waals surface area (Å²) in [5, 5.41) is 44.3. The first-order valence-electron chi connectivity index (χ1n) is 20.1. The highest BCUT2D eigenvalue weighted by Crippen LogP contribution is 2.37. The fourth-order valence-corrected chi connectivity index (χ4v) is 7.28. The number of nitrogens with one attached hydrogen (secondary N) is 2. The van der Waals surface area contributed by atoms with Gasteiger partial charge in [0.1, 0.15) is 67.4 Å². The van der Waals surface area contributed by atoms with Gasteiger partial charge < -0.3 is 39.8 Å². The molecule has 324 valence electrons. The van der Waals surface area contributed by atoms with Gasteiger partial charge in [-0.1, -0.05) is 65.7 Å². The minimum absolute atomic E-state index is 0.0189. The molecule has 0 amide bonds. The summed E-state index contributed by atoms with van der Waals surface area (Å²) in [6.45, 7) is 6.26. The van der Waals surface area contributed by atoms with Crippen LogP contribution in [0.2, 0.25) is 10.0 Å². The summed E-state index contributed by atoms with van der Waals surface area (Å²) in [6, 6.07) is 29.1. The Bertz CT molecular complexity index is 2630. The second-order valence-corrected chi connectivity index (χ2v) is 15.3. The molecule has 0 atom stereocenters. The van der Waals surface area contributed by atoms with E-state index in [0.29, 0.717) is 70.3 Å². The van der Waals surface area contributed by atoms with Gasteiger partial charge in [0.2, 0.25) is 0 Å². The number of aliphatic hydroxyl groups is 2. The zero-order valence-corrected chi connectivity index (χ0v) is 36.3. The molecule has 0 fully saturated rings. The van der Waals surface area contributed by atoms with Crippen LogP contribution in [0.4, 0.5) is 4.39 Å². The second-order valence-electron chi connectivity index (χ2n) is 14.5. The van der Waals surface area contributed by atoms with Gasteiger partial charge in [0.25, 0.3) is 0 Å². The maximum absolute atomic E-state index is 14.0. The van der Waals surface area contributed by atoms with Crippen LogP contribution in [0.5, 0.6) is 23.0 Å². The average Bonchev–Trinajstić information content (AvgIpc) is 3.29. The van der Waals surface area contributed by atoms with Crippen molar-refractivity contribution in [2.75, 3.05) is 26.3 Å². The van der Waals surface area contributed by atoms with Gasteiger partial charge >= 0.3 is 0 Å². The van der Waals surface area contributed by atoms with Gasteiger partial charge in [-0.2, -0.15) is 10.5 Å². The Morgan fingerprint density at radius 1 is 0.603 bits per heavy atom. The van der Waals surface area contributed by atoms with E-state index in [9.17, 15) is 25.1 Å². The van der Waals surface area contributed by atoms with Gasteiger partial charge in [0.15, 0.2) is 0 Å². The summed E-state index contributed by atoms with van der Waals surface area (Å²) < 4.78 is 39.0. The van der Waals surface area contributed by atoms with Gasteiger partial charge in [-0.3, -0.25) is 4.98 Å². The molecule has 0 saturated carbocycles. The minimum Gasteiger partial charge on any atom is -0.488 e. The summed E-state index contributed by atoms with van der Waals surface area (Å²) in [6.07, 6.45) is 3.14. The number of ether oxygens (including phenoxy) is 4. The van der Waals surface area contributed by atoms with Crippen molar-refractivity contribution in [2.24, 2.45) is 0 Å². The molecule has 1 aromatic heterocycles. The topological polar surface area (TPSA) is 162 Å². The number of nitrogens with zero attached hydrogens (tertiary/aromatic N) is 3. The van der Waals surface area contributed by atoms with Gasteiger partial charge in [-0.15, -0.1) is 0 Å². The molecule has 0 aliphatic heterocycles. The van der Waals surface area contributed by atoms with Crippen LogP contribution in [-0.2, 0) is 39.5 Å². The number of rotatable bonds is 21. The summed E-state index contributed by atoms with van der Waals surface area (Å²) in [5.74, 6) is 1.27.